The third kappa shape index (κ3) is 3.31. The number of aromatic amines is 1. The van der Waals surface area contributed by atoms with E-state index in [0.29, 0.717) is 17.7 Å². The van der Waals surface area contributed by atoms with Crippen LogP contribution in [0.5, 0.6) is 0 Å². The minimum atomic E-state index is -0.285. The normalized spacial score (nSPS) is 11.0. The smallest absolute Gasteiger partial charge is 0.213 e. The first kappa shape index (κ1) is 15.4. The lowest BCUT2D eigenvalue weighted by Crippen LogP contribution is -2.06. The molecule has 0 aliphatic carbocycles. The van der Waals surface area contributed by atoms with Gasteiger partial charge in [0.1, 0.15) is 5.69 Å². The predicted octanol–water partition coefficient (Wildman–Crippen LogP) is 4.48. The highest BCUT2D eigenvalue weighted by molar-refractivity contribution is 6.16. The van der Waals surface area contributed by atoms with E-state index in [-0.39, 0.29) is 12.5 Å². The van der Waals surface area contributed by atoms with Crippen molar-refractivity contribution in [3.8, 4) is 0 Å². The molecular weight excluding hydrogens is 291 g/mol. The number of hydrogen-bond acceptors (Lipinski definition) is 2. The van der Waals surface area contributed by atoms with E-state index < -0.39 is 0 Å². The molecule has 118 valence electrons. The Bertz CT molecular complexity index is 795. The van der Waals surface area contributed by atoms with E-state index in [0.717, 1.165) is 35.9 Å². The fourth-order valence-corrected chi connectivity index (χ4v) is 2.84. The summed E-state index contributed by atoms with van der Waals surface area (Å²) in [5.74, 6) is -0.0662. The number of aromatic nitrogens is 2. The van der Waals surface area contributed by atoms with E-state index in [9.17, 15) is 9.18 Å². The summed E-state index contributed by atoms with van der Waals surface area (Å²) in [6.45, 7) is -0.285. The second-order valence-corrected chi connectivity index (χ2v) is 5.57. The Labute approximate surface area is 134 Å². The Morgan fingerprint density at radius 3 is 2.65 bits per heavy atom. The number of benzene rings is 1. The Balaban J connectivity index is 1.97. The number of nitrogens with one attached hydrogen (secondary N) is 1. The van der Waals surface area contributed by atoms with Crippen LogP contribution in [0.15, 0.2) is 48.7 Å². The lowest BCUT2D eigenvalue weighted by Gasteiger charge is -2.04. The number of H-pyrrole nitrogens is 1. The molecule has 0 radical (unpaired) electrons. The zero-order valence-corrected chi connectivity index (χ0v) is 12.9. The van der Waals surface area contributed by atoms with Crippen LogP contribution in [0, 0.1) is 0 Å². The minimum absolute atomic E-state index is 0.0662. The summed E-state index contributed by atoms with van der Waals surface area (Å²) in [6, 6.07) is 13.1. The van der Waals surface area contributed by atoms with Crippen LogP contribution in [0.1, 0.15) is 41.0 Å². The molecule has 4 heteroatoms. The molecule has 23 heavy (non-hydrogen) atoms. The first-order valence-corrected chi connectivity index (χ1v) is 7.92. The van der Waals surface area contributed by atoms with E-state index in [1.54, 1.807) is 18.3 Å². The van der Waals surface area contributed by atoms with Crippen molar-refractivity contribution in [2.45, 2.75) is 25.7 Å². The molecule has 3 rings (SSSR count). The summed E-state index contributed by atoms with van der Waals surface area (Å²) >= 11 is 0. The second-order valence-electron chi connectivity index (χ2n) is 5.57. The number of alkyl halides is 1. The van der Waals surface area contributed by atoms with Gasteiger partial charge in [-0.1, -0.05) is 30.7 Å². The van der Waals surface area contributed by atoms with Crippen molar-refractivity contribution >= 4 is 16.7 Å². The van der Waals surface area contributed by atoms with Crippen LogP contribution in [-0.2, 0) is 6.42 Å². The molecular formula is C19H19FN2O. The van der Waals surface area contributed by atoms with Gasteiger partial charge in [-0.2, -0.15) is 0 Å². The molecule has 3 aromatic rings. The second kappa shape index (κ2) is 7.18. The van der Waals surface area contributed by atoms with Crippen LogP contribution < -0.4 is 0 Å². The molecule has 0 bridgehead atoms. The zero-order valence-electron chi connectivity index (χ0n) is 12.9. The highest BCUT2D eigenvalue weighted by Crippen LogP contribution is 2.26. The van der Waals surface area contributed by atoms with E-state index in [1.807, 2.05) is 30.3 Å². The molecule has 0 saturated carbocycles. The number of ketones is 1. The van der Waals surface area contributed by atoms with Gasteiger partial charge in [-0.3, -0.25) is 14.2 Å². The lowest BCUT2D eigenvalue weighted by atomic mass is 10.0. The lowest BCUT2D eigenvalue weighted by molar-refractivity contribution is 0.103. The summed E-state index contributed by atoms with van der Waals surface area (Å²) in [5.41, 5.74) is 3.01. The van der Waals surface area contributed by atoms with Gasteiger partial charge in [0.05, 0.1) is 12.2 Å². The number of halogens is 1. The molecule has 1 aromatic carbocycles. The molecule has 0 atom stereocenters. The van der Waals surface area contributed by atoms with Gasteiger partial charge in [-0.15, -0.1) is 0 Å². The van der Waals surface area contributed by atoms with Gasteiger partial charge in [0.25, 0.3) is 0 Å². The molecule has 2 aromatic heterocycles. The fraction of sp³-hybridized carbons (Fsp3) is 0.263. The molecule has 0 amide bonds. The number of carbonyl (C=O) groups excluding carboxylic acids is 1. The van der Waals surface area contributed by atoms with Crippen LogP contribution in [0.3, 0.4) is 0 Å². The number of para-hydroxylation sites is 1. The van der Waals surface area contributed by atoms with Crippen molar-refractivity contribution in [1.82, 2.24) is 9.97 Å². The van der Waals surface area contributed by atoms with Crippen molar-refractivity contribution in [1.29, 1.82) is 0 Å². The molecule has 0 aliphatic rings. The van der Waals surface area contributed by atoms with Gasteiger partial charge in [0.15, 0.2) is 0 Å². The van der Waals surface area contributed by atoms with Crippen molar-refractivity contribution < 1.29 is 9.18 Å². The zero-order chi connectivity index (χ0) is 16.1. The van der Waals surface area contributed by atoms with Crippen LogP contribution in [0.4, 0.5) is 4.39 Å². The SMILES string of the molecule is O=C(c1ccccn1)c1c(CCCCCF)[nH]c2ccccc12. The average molecular weight is 310 g/mol. The first-order chi connectivity index (χ1) is 11.3. The molecule has 0 saturated heterocycles. The Kier molecular flexibility index (Phi) is 4.81. The predicted molar refractivity (Wildman–Crippen MR) is 89.5 cm³/mol. The maximum atomic E-state index is 12.9. The monoisotopic (exact) mass is 310 g/mol. The van der Waals surface area contributed by atoms with Crippen LogP contribution in [0.2, 0.25) is 0 Å². The van der Waals surface area contributed by atoms with E-state index in [1.165, 1.54) is 0 Å². The Hall–Kier alpha value is -2.49. The molecule has 0 fully saturated rings. The summed E-state index contributed by atoms with van der Waals surface area (Å²) in [7, 11) is 0. The molecule has 2 heterocycles. The van der Waals surface area contributed by atoms with Crippen molar-refractivity contribution in [3.05, 3.63) is 65.6 Å². The van der Waals surface area contributed by atoms with E-state index in [2.05, 4.69) is 9.97 Å². The largest absolute Gasteiger partial charge is 0.358 e. The maximum absolute atomic E-state index is 12.9. The highest BCUT2D eigenvalue weighted by atomic mass is 19.1. The van der Waals surface area contributed by atoms with Crippen molar-refractivity contribution in [3.63, 3.8) is 0 Å². The minimum Gasteiger partial charge on any atom is -0.358 e. The number of fused-ring (bicyclic) bond motifs is 1. The molecule has 3 nitrogen and oxygen atoms in total. The standard InChI is InChI=1S/C19H19FN2O/c20-12-6-1-2-10-16-18(14-8-3-4-9-15(14)22-16)19(23)17-11-5-7-13-21-17/h3-5,7-9,11,13,22H,1-2,6,10,12H2. The number of pyridine rings is 1. The first-order valence-electron chi connectivity index (χ1n) is 7.92. The quantitative estimate of drug-likeness (QED) is 0.517. The summed E-state index contributed by atoms with van der Waals surface area (Å²) in [5, 5.41) is 0.920. The molecule has 1 N–H and O–H groups in total. The third-order valence-electron chi connectivity index (χ3n) is 3.97. The van der Waals surface area contributed by atoms with Crippen LogP contribution >= 0.6 is 0 Å². The van der Waals surface area contributed by atoms with Crippen LogP contribution in [-0.4, -0.2) is 22.4 Å². The van der Waals surface area contributed by atoms with Gasteiger partial charge in [0.2, 0.25) is 5.78 Å². The number of rotatable bonds is 7. The van der Waals surface area contributed by atoms with E-state index >= 15 is 0 Å². The number of carbonyl (C=O) groups is 1. The summed E-state index contributed by atoms with van der Waals surface area (Å²) in [6.07, 6.45) is 4.62. The number of unbranched alkanes of at least 4 members (excludes halogenated alkanes) is 2. The third-order valence-corrected chi connectivity index (χ3v) is 3.97. The Morgan fingerprint density at radius 1 is 1.04 bits per heavy atom. The number of hydrogen-bond donors (Lipinski definition) is 1. The summed E-state index contributed by atoms with van der Waals surface area (Å²) < 4.78 is 12.2. The van der Waals surface area contributed by atoms with Crippen molar-refractivity contribution in [2.75, 3.05) is 6.67 Å². The fourth-order valence-electron chi connectivity index (χ4n) is 2.84. The van der Waals surface area contributed by atoms with Gasteiger partial charge in [-0.25, -0.2) is 0 Å². The average Bonchev–Trinajstić information content (AvgIpc) is 2.97. The highest BCUT2D eigenvalue weighted by Gasteiger charge is 2.20. The van der Waals surface area contributed by atoms with Gasteiger partial charge >= 0.3 is 0 Å². The Morgan fingerprint density at radius 2 is 1.87 bits per heavy atom. The molecule has 0 spiro atoms. The van der Waals surface area contributed by atoms with Gasteiger partial charge in [-0.05, 0) is 37.5 Å². The number of nitrogens with zero attached hydrogens (tertiary/aromatic N) is 1. The molecule has 0 aliphatic heterocycles. The summed E-state index contributed by atoms with van der Waals surface area (Å²) in [4.78, 5) is 20.4. The molecule has 0 unspecified atom stereocenters. The van der Waals surface area contributed by atoms with Crippen molar-refractivity contribution in [2.24, 2.45) is 0 Å². The van der Waals surface area contributed by atoms with Gasteiger partial charge < -0.3 is 4.98 Å². The topological polar surface area (TPSA) is 45.8 Å². The number of aryl methyl sites for hydroxylation is 1. The van der Waals surface area contributed by atoms with Crippen LogP contribution in [0.25, 0.3) is 10.9 Å². The van der Waals surface area contributed by atoms with Gasteiger partial charge in [0, 0.05) is 22.8 Å². The maximum Gasteiger partial charge on any atom is 0.213 e. The van der Waals surface area contributed by atoms with E-state index in [4.69, 9.17) is 0 Å².